The van der Waals surface area contributed by atoms with Crippen LogP contribution in [0.25, 0.3) is 22.3 Å². The van der Waals surface area contributed by atoms with Crippen LogP contribution in [0.1, 0.15) is 12.0 Å². The van der Waals surface area contributed by atoms with Gasteiger partial charge in [0, 0.05) is 41.2 Å². The summed E-state index contributed by atoms with van der Waals surface area (Å²) in [4.78, 5) is 2.03. The number of phenols is 1. The van der Waals surface area contributed by atoms with E-state index >= 15 is 0 Å². The summed E-state index contributed by atoms with van der Waals surface area (Å²) in [5.41, 5.74) is 2.78. The molecule has 0 spiro atoms. The van der Waals surface area contributed by atoms with E-state index in [9.17, 15) is 9.50 Å². The van der Waals surface area contributed by atoms with Crippen molar-refractivity contribution in [2.45, 2.75) is 26.1 Å². The van der Waals surface area contributed by atoms with E-state index in [-0.39, 0.29) is 11.7 Å². The van der Waals surface area contributed by atoms with Crippen LogP contribution < -0.4 is 0 Å². The van der Waals surface area contributed by atoms with E-state index < -0.39 is 6.17 Å². The number of benzene rings is 1. The van der Waals surface area contributed by atoms with Crippen molar-refractivity contribution in [1.29, 1.82) is 0 Å². The van der Waals surface area contributed by atoms with Crippen molar-refractivity contribution >= 4 is 22.6 Å². The van der Waals surface area contributed by atoms with Crippen molar-refractivity contribution in [1.82, 2.24) is 19.7 Å². The molecule has 0 bridgehead atoms. The molecule has 5 nitrogen and oxygen atoms in total. The molecular weight excluding hydrogens is 367 g/mol. The molecule has 0 aliphatic carbocycles. The predicted octanol–water partition coefficient (Wildman–Crippen LogP) is 4.06. The minimum atomic E-state index is -0.831. The normalized spacial score (nSPS) is 21.0. The van der Waals surface area contributed by atoms with E-state index in [2.05, 4.69) is 10.2 Å². The molecule has 2 atom stereocenters. The number of hydrogen-bond acceptors (Lipinski definition) is 4. The van der Waals surface area contributed by atoms with Gasteiger partial charge in [0.1, 0.15) is 11.9 Å². The summed E-state index contributed by atoms with van der Waals surface area (Å²) in [6.45, 7) is 3.86. The fraction of sp³-hybridized carbons (Fsp3) is 0.400. The van der Waals surface area contributed by atoms with Crippen molar-refractivity contribution in [3.8, 4) is 17.0 Å². The zero-order valence-electron chi connectivity index (χ0n) is 15.4. The van der Waals surface area contributed by atoms with Gasteiger partial charge >= 0.3 is 0 Å². The van der Waals surface area contributed by atoms with E-state index in [0.717, 1.165) is 29.6 Å². The number of aryl methyl sites for hydroxylation is 1. The molecule has 0 amide bonds. The number of alkyl halides is 1. The summed E-state index contributed by atoms with van der Waals surface area (Å²) < 4.78 is 16.3. The van der Waals surface area contributed by atoms with Gasteiger partial charge < -0.3 is 14.6 Å². The lowest BCUT2D eigenvalue weighted by Crippen LogP contribution is -2.40. The van der Waals surface area contributed by atoms with E-state index in [1.54, 1.807) is 6.07 Å². The topological polar surface area (TPSA) is 54.2 Å². The fourth-order valence-corrected chi connectivity index (χ4v) is 4.15. The minimum Gasteiger partial charge on any atom is -0.507 e. The first-order valence-corrected chi connectivity index (χ1v) is 9.45. The van der Waals surface area contributed by atoms with E-state index in [1.165, 1.54) is 6.07 Å². The van der Waals surface area contributed by atoms with E-state index in [4.69, 9.17) is 11.6 Å². The van der Waals surface area contributed by atoms with Gasteiger partial charge in [0.25, 0.3) is 0 Å². The van der Waals surface area contributed by atoms with Crippen LogP contribution in [0.5, 0.6) is 5.75 Å². The lowest BCUT2D eigenvalue weighted by molar-refractivity contribution is 0.0926. The molecule has 1 aromatic carbocycles. The average molecular weight is 389 g/mol. The Bertz CT molecular complexity index is 966. The highest BCUT2D eigenvalue weighted by molar-refractivity contribution is 6.31. The zero-order valence-corrected chi connectivity index (χ0v) is 16.1. The number of halogens is 2. The van der Waals surface area contributed by atoms with Crippen LogP contribution in [0.15, 0.2) is 30.5 Å². The monoisotopic (exact) mass is 388 g/mol. The second-order valence-corrected chi connectivity index (χ2v) is 7.86. The first kappa shape index (κ1) is 18.2. The third kappa shape index (κ3) is 3.51. The Kier molecular flexibility index (Phi) is 4.78. The molecule has 2 aromatic heterocycles. The molecule has 1 fully saturated rings. The summed E-state index contributed by atoms with van der Waals surface area (Å²) >= 11 is 5.99. The lowest BCUT2D eigenvalue weighted by atomic mass is 9.95. The summed E-state index contributed by atoms with van der Waals surface area (Å²) in [7, 11) is 1.95. The SMILES string of the molecule is Cc1cc(Cl)cc(O)c1-c1cc2ccn(C[C@H]3CCN(C)C[C@H]3F)c2nn1. The van der Waals surface area contributed by atoms with E-state index in [0.29, 0.717) is 29.4 Å². The van der Waals surface area contributed by atoms with Gasteiger partial charge in [-0.1, -0.05) is 11.6 Å². The molecule has 7 heteroatoms. The summed E-state index contributed by atoms with van der Waals surface area (Å²) in [6, 6.07) is 7.14. The summed E-state index contributed by atoms with van der Waals surface area (Å²) in [5, 5.41) is 20.3. The Labute approximate surface area is 162 Å². The van der Waals surface area contributed by atoms with Gasteiger partial charge in [-0.3, -0.25) is 0 Å². The van der Waals surface area contributed by atoms with Gasteiger partial charge in [0.2, 0.25) is 0 Å². The molecule has 1 aliphatic heterocycles. The fourth-order valence-electron chi connectivity index (χ4n) is 3.88. The largest absolute Gasteiger partial charge is 0.507 e. The first-order chi connectivity index (χ1) is 12.9. The van der Waals surface area contributed by atoms with Crippen LogP contribution in [0, 0.1) is 12.8 Å². The Morgan fingerprint density at radius 2 is 2.11 bits per heavy atom. The molecule has 142 valence electrons. The average Bonchev–Trinajstić information content (AvgIpc) is 2.99. The predicted molar refractivity (Wildman–Crippen MR) is 105 cm³/mol. The van der Waals surface area contributed by atoms with Crippen molar-refractivity contribution in [3.63, 3.8) is 0 Å². The van der Waals surface area contributed by atoms with Crippen LogP contribution in [0.3, 0.4) is 0 Å². The number of piperidine rings is 1. The van der Waals surface area contributed by atoms with Crippen molar-refractivity contribution in [3.05, 3.63) is 41.0 Å². The first-order valence-electron chi connectivity index (χ1n) is 9.07. The molecule has 0 saturated carbocycles. The van der Waals surface area contributed by atoms with Crippen LogP contribution >= 0.6 is 11.6 Å². The Morgan fingerprint density at radius 1 is 1.30 bits per heavy atom. The Hall–Kier alpha value is -2.18. The molecule has 4 rings (SSSR count). The lowest BCUT2D eigenvalue weighted by Gasteiger charge is -2.32. The quantitative estimate of drug-likeness (QED) is 0.735. The Morgan fingerprint density at radius 3 is 2.85 bits per heavy atom. The van der Waals surface area contributed by atoms with Gasteiger partial charge in [0.15, 0.2) is 5.65 Å². The standard InChI is InChI=1S/C20H22ClFN4O/c1-12-7-15(21)9-18(27)19(12)17-8-13-4-6-26(20(13)24-23-17)10-14-3-5-25(2)11-16(14)22/h4,6-9,14,16,27H,3,5,10-11H2,1-2H3/t14-,16-/m1/s1. The number of aromatic nitrogens is 3. The minimum absolute atomic E-state index is 0.0131. The van der Waals surface area contributed by atoms with Gasteiger partial charge in [-0.25, -0.2) is 4.39 Å². The molecule has 1 N–H and O–H groups in total. The van der Waals surface area contributed by atoms with Gasteiger partial charge in [-0.2, -0.15) is 0 Å². The van der Waals surface area contributed by atoms with Crippen molar-refractivity contribution in [2.75, 3.05) is 20.1 Å². The van der Waals surface area contributed by atoms with E-state index in [1.807, 2.05) is 41.8 Å². The van der Waals surface area contributed by atoms with Crippen LogP contribution in [-0.2, 0) is 6.54 Å². The number of nitrogens with zero attached hydrogens (tertiary/aromatic N) is 4. The highest BCUT2D eigenvalue weighted by atomic mass is 35.5. The summed E-state index contributed by atoms with van der Waals surface area (Å²) in [5.74, 6) is 0.0699. The van der Waals surface area contributed by atoms with Crippen molar-refractivity contribution in [2.24, 2.45) is 5.92 Å². The summed E-state index contributed by atoms with van der Waals surface area (Å²) in [6.07, 6.45) is 1.94. The number of fused-ring (bicyclic) bond motifs is 1. The highest BCUT2D eigenvalue weighted by Crippen LogP contribution is 2.35. The van der Waals surface area contributed by atoms with Crippen molar-refractivity contribution < 1.29 is 9.50 Å². The molecule has 3 heterocycles. The maximum atomic E-state index is 14.4. The van der Waals surface area contributed by atoms with Gasteiger partial charge in [-0.05, 0) is 56.8 Å². The zero-order chi connectivity index (χ0) is 19.1. The van der Waals surface area contributed by atoms with Crippen LogP contribution in [0.2, 0.25) is 5.02 Å². The van der Waals surface area contributed by atoms with Gasteiger partial charge in [-0.15, -0.1) is 10.2 Å². The molecule has 27 heavy (non-hydrogen) atoms. The second kappa shape index (κ2) is 7.09. The molecule has 1 aliphatic rings. The smallest absolute Gasteiger partial charge is 0.162 e. The van der Waals surface area contributed by atoms with Crippen LogP contribution in [-0.4, -0.2) is 51.1 Å². The van der Waals surface area contributed by atoms with Crippen LogP contribution in [0.4, 0.5) is 4.39 Å². The molecule has 0 unspecified atom stereocenters. The third-order valence-electron chi connectivity index (χ3n) is 5.35. The maximum absolute atomic E-state index is 14.4. The number of phenolic OH excluding ortho intramolecular Hbond substituents is 1. The number of rotatable bonds is 3. The maximum Gasteiger partial charge on any atom is 0.162 e. The highest BCUT2D eigenvalue weighted by Gasteiger charge is 2.28. The molecular formula is C20H22ClFN4O. The molecule has 1 saturated heterocycles. The number of likely N-dealkylation sites (tertiary alicyclic amines) is 1. The Balaban J connectivity index is 1.64. The number of aromatic hydroxyl groups is 1. The molecule has 3 aromatic rings. The molecule has 0 radical (unpaired) electrons. The number of hydrogen-bond donors (Lipinski definition) is 1. The third-order valence-corrected chi connectivity index (χ3v) is 5.57. The van der Waals surface area contributed by atoms with Gasteiger partial charge in [0.05, 0.1) is 5.69 Å². The second-order valence-electron chi connectivity index (χ2n) is 7.42.